The number of hydrogen-bond acceptors (Lipinski definition) is 5. The lowest BCUT2D eigenvalue weighted by Gasteiger charge is -2.33. The van der Waals surface area contributed by atoms with E-state index in [9.17, 15) is 13.2 Å². The van der Waals surface area contributed by atoms with Crippen LogP contribution >= 0.6 is 0 Å². The molecule has 1 aliphatic heterocycles. The van der Waals surface area contributed by atoms with E-state index >= 15 is 0 Å². The van der Waals surface area contributed by atoms with Crippen molar-refractivity contribution in [3.8, 4) is 0 Å². The maximum atomic E-state index is 12.7. The molecule has 3 rings (SSSR count). The summed E-state index contributed by atoms with van der Waals surface area (Å²) in [4.78, 5) is 13.6. The molecule has 1 N–H and O–H groups in total. The van der Waals surface area contributed by atoms with Crippen molar-refractivity contribution in [1.82, 2.24) is 19.9 Å². The minimum Gasteiger partial charge on any atom is -0.366 e. The highest BCUT2D eigenvalue weighted by molar-refractivity contribution is 5.37. The number of nitrogens with zero attached hydrogens (tertiary/aromatic N) is 4. The molecule has 134 valence electrons. The normalized spacial score (nSPS) is 18.9. The highest BCUT2D eigenvalue weighted by Gasteiger charge is 2.33. The molecule has 2 aromatic heterocycles. The molecule has 0 amide bonds. The Morgan fingerprint density at radius 2 is 2.16 bits per heavy atom. The second-order valence-corrected chi connectivity index (χ2v) is 6.18. The highest BCUT2D eigenvalue weighted by Crippen LogP contribution is 2.28. The van der Waals surface area contributed by atoms with Crippen LogP contribution in [0.3, 0.4) is 0 Å². The second-order valence-electron chi connectivity index (χ2n) is 6.18. The van der Waals surface area contributed by atoms with Crippen molar-refractivity contribution in [3.05, 3.63) is 48.2 Å². The molecule has 5 nitrogen and oxygen atoms in total. The molecule has 25 heavy (non-hydrogen) atoms. The number of pyridine rings is 1. The molecule has 0 saturated carbocycles. The summed E-state index contributed by atoms with van der Waals surface area (Å²) in [7, 11) is 0. The monoisotopic (exact) mass is 351 g/mol. The smallest absolute Gasteiger partial charge is 0.366 e. The van der Waals surface area contributed by atoms with Gasteiger partial charge in [-0.2, -0.15) is 13.2 Å². The third kappa shape index (κ3) is 5.12. The lowest BCUT2D eigenvalue weighted by atomic mass is 10.0. The first-order chi connectivity index (χ1) is 12.0. The van der Waals surface area contributed by atoms with Gasteiger partial charge in [0.1, 0.15) is 17.8 Å². The van der Waals surface area contributed by atoms with E-state index in [1.54, 1.807) is 6.20 Å². The average molecular weight is 351 g/mol. The van der Waals surface area contributed by atoms with E-state index in [2.05, 4.69) is 25.2 Å². The summed E-state index contributed by atoms with van der Waals surface area (Å²) >= 11 is 0. The predicted octanol–water partition coefficient (Wildman–Crippen LogP) is 3.01. The van der Waals surface area contributed by atoms with Gasteiger partial charge in [0.05, 0.1) is 0 Å². The van der Waals surface area contributed by atoms with E-state index in [1.807, 2.05) is 18.3 Å². The second kappa shape index (κ2) is 7.77. The molecule has 0 spiro atoms. The van der Waals surface area contributed by atoms with E-state index in [1.165, 1.54) is 5.56 Å². The van der Waals surface area contributed by atoms with Gasteiger partial charge in [0.25, 0.3) is 0 Å². The van der Waals surface area contributed by atoms with Crippen molar-refractivity contribution < 1.29 is 13.2 Å². The molecule has 1 unspecified atom stereocenters. The topological polar surface area (TPSA) is 53.9 Å². The molecule has 0 bridgehead atoms. The summed E-state index contributed by atoms with van der Waals surface area (Å²) in [5, 5.41) is 3.12. The molecule has 0 aliphatic carbocycles. The Hall–Kier alpha value is -2.22. The summed E-state index contributed by atoms with van der Waals surface area (Å²) in [6.45, 7) is 2.68. The highest BCUT2D eigenvalue weighted by atomic mass is 19.4. The van der Waals surface area contributed by atoms with E-state index in [-0.39, 0.29) is 11.9 Å². The van der Waals surface area contributed by atoms with Crippen LogP contribution in [0.4, 0.5) is 19.0 Å². The zero-order valence-electron chi connectivity index (χ0n) is 13.7. The van der Waals surface area contributed by atoms with Gasteiger partial charge in [-0.25, -0.2) is 9.97 Å². The van der Waals surface area contributed by atoms with E-state index in [4.69, 9.17) is 0 Å². The summed E-state index contributed by atoms with van der Waals surface area (Å²) in [6, 6.07) is 5.02. The Labute approximate surface area is 144 Å². The van der Waals surface area contributed by atoms with Crippen LogP contribution in [0.5, 0.6) is 0 Å². The molecular formula is C17H20F3N5. The average Bonchev–Trinajstić information content (AvgIpc) is 2.61. The van der Waals surface area contributed by atoms with Gasteiger partial charge in [0.2, 0.25) is 0 Å². The van der Waals surface area contributed by atoms with Gasteiger partial charge in [-0.3, -0.25) is 4.98 Å². The van der Waals surface area contributed by atoms with E-state index < -0.39 is 11.9 Å². The summed E-state index contributed by atoms with van der Waals surface area (Å²) in [6.07, 6.45) is 2.93. The predicted molar refractivity (Wildman–Crippen MR) is 88.1 cm³/mol. The van der Waals surface area contributed by atoms with Gasteiger partial charge in [0, 0.05) is 37.6 Å². The zero-order valence-corrected chi connectivity index (χ0v) is 13.7. The van der Waals surface area contributed by atoms with Crippen molar-refractivity contribution in [1.29, 1.82) is 0 Å². The molecule has 0 aromatic carbocycles. The van der Waals surface area contributed by atoms with Gasteiger partial charge in [-0.1, -0.05) is 6.07 Å². The van der Waals surface area contributed by atoms with Crippen molar-refractivity contribution in [3.63, 3.8) is 0 Å². The Bertz CT molecular complexity index is 677. The first-order valence-electron chi connectivity index (χ1n) is 8.28. The third-order valence-corrected chi connectivity index (χ3v) is 4.25. The van der Waals surface area contributed by atoms with Crippen LogP contribution in [0.15, 0.2) is 36.9 Å². The van der Waals surface area contributed by atoms with Crippen LogP contribution in [-0.4, -0.2) is 45.5 Å². The largest absolute Gasteiger partial charge is 0.433 e. The number of nitrogens with one attached hydrogen (secondary N) is 1. The summed E-state index contributed by atoms with van der Waals surface area (Å²) in [5.74, 6) is 0.224. The number of aromatic nitrogens is 3. The molecule has 2 aromatic rings. The number of anilines is 1. The van der Waals surface area contributed by atoms with Crippen LogP contribution in [0.25, 0.3) is 0 Å². The minimum atomic E-state index is -4.46. The number of alkyl halides is 3. The van der Waals surface area contributed by atoms with Gasteiger partial charge in [0.15, 0.2) is 0 Å². The number of piperidine rings is 1. The lowest BCUT2D eigenvalue weighted by Crippen LogP contribution is -2.43. The molecule has 1 fully saturated rings. The van der Waals surface area contributed by atoms with Crippen LogP contribution in [0.2, 0.25) is 0 Å². The molecule has 8 heteroatoms. The third-order valence-electron chi connectivity index (χ3n) is 4.25. The number of likely N-dealkylation sites (tertiary alicyclic amines) is 1. The standard InChI is InChI=1S/C17H20F3N5/c18-17(19,20)15-9-16(23-12-22-15)24-14-4-2-7-25(11-14)8-5-13-3-1-6-21-10-13/h1,3,6,9-10,12,14H,2,4-5,7-8,11H2,(H,22,23,24). The summed E-state index contributed by atoms with van der Waals surface area (Å²) < 4.78 is 38.2. The Morgan fingerprint density at radius 1 is 1.28 bits per heavy atom. The number of halogens is 3. The Morgan fingerprint density at radius 3 is 2.92 bits per heavy atom. The van der Waals surface area contributed by atoms with Crippen molar-refractivity contribution in [2.45, 2.75) is 31.5 Å². The van der Waals surface area contributed by atoms with Crippen molar-refractivity contribution in [2.24, 2.45) is 0 Å². The number of hydrogen-bond donors (Lipinski definition) is 1. The first-order valence-corrected chi connectivity index (χ1v) is 8.28. The quantitative estimate of drug-likeness (QED) is 0.897. The summed E-state index contributed by atoms with van der Waals surface area (Å²) in [5.41, 5.74) is 0.262. The molecule has 0 radical (unpaired) electrons. The van der Waals surface area contributed by atoms with Gasteiger partial charge in [-0.15, -0.1) is 0 Å². The van der Waals surface area contributed by atoms with Crippen LogP contribution < -0.4 is 5.32 Å². The Balaban J connectivity index is 1.55. The number of rotatable bonds is 5. The zero-order chi connectivity index (χ0) is 17.7. The Kier molecular flexibility index (Phi) is 5.47. The SMILES string of the molecule is FC(F)(F)c1cc(NC2CCCN(CCc3cccnc3)C2)ncn1. The molecule has 1 saturated heterocycles. The van der Waals surface area contributed by atoms with Gasteiger partial charge >= 0.3 is 6.18 Å². The van der Waals surface area contributed by atoms with Gasteiger partial charge in [-0.05, 0) is 37.4 Å². The minimum absolute atomic E-state index is 0.0821. The molecule has 3 heterocycles. The van der Waals surface area contributed by atoms with Gasteiger partial charge < -0.3 is 10.2 Å². The van der Waals surface area contributed by atoms with E-state index in [0.29, 0.717) is 0 Å². The molecule has 1 atom stereocenters. The van der Waals surface area contributed by atoms with Crippen LogP contribution in [0, 0.1) is 0 Å². The van der Waals surface area contributed by atoms with E-state index in [0.717, 1.165) is 51.3 Å². The lowest BCUT2D eigenvalue weighted by molar-refractivity contribution is -0.141. The first kappa shape index (κ1) is 17.6. The van der Waals surface area contributed by atoms with Crippen LogP contribution in [-0.2, 0) is 12.6 Å². The molecular weight excluding hydrogens is 331 g/mol. The van der Waals surface area contributed by atoms with Crippen molar-refractivity contribution in [2.75, 3.05) is 25.0 Å². The fourth-order valence-corrected chi connectivity index (χ4v) is 3.01. The fourth-order valence-electron chi connectivity index (χ4n) is 3.01. The van der Waals surface area contributed by atoms with Crippen molar-refractivity contribution >= 4 is 5.82 Å². The maximum absolute atomic E-state index is 12.7. The van der Waals surface area contributed by atoms with Crippen LogP contribution in [0.1, 0.15) is 24.1 Å². The maximum Gasteiger partial charge on any atom is 0.433 e. The fraction of sp³-hybridized carbons (Fsp3) is 0.471. The molecule has 1 aliphatic rings.